The van der Waals surface area contributed by atoms with E-state index in [1.54, 1.807) is 6.07 Å². The second-order valence-corrected chi connectivity index (χ2v) is 5.50. The minimum Gasteiger partial charge on any atom is -0.302 e. The Bertz CT molecular complexity index is 363. The van der Waals surface area contributed by atoms with E-state index in [1.807, 2.05) is 6.07 Å². The highest BCUT2D eigenvalue weighted by atomic mass is 79.9. The molecule has 1 fully saturated rings. The number of halogens is 2. The third-order valence-corrected chi connectivity index (χ3v) is 4.15. The third kappa shape index (κ3) is 2.83. The molecule has 0 heterocycles. The lowest BCUT2D eigenvalue weighted by atomic mass is 9.85. The van der Waals surface area contributed by atoms with Crippen molar-refractivity contribution in [3.05, 3.63) is 34.1 Å². The summed E-state index contributed by atoms with van der Waals surface area (Å²) in [7, 11) is 2.11. The number of benzene rings is 1. The van der Waals surface area contributed by atoms with E-state index in [1.165, 1.54) is 25.3 Å². The Labute approximate surface area is 105 Å². The molecule has 0 aromatic heterocycles. The summed E-state index contributed by atoms with van der Waals surface area (Å²) >= 11 is 3.30. The molecule has 1 aromatic carbocycles. The highest BCUT2D eigenvalue weighted by molar-refractivity contribution is 9.10. The van der Waals surface area contributed by atoms with Gasteiger partial charge in [0.2, 0.25) is 0 Å². The Kier molecular flexibility index (Phi) is 3.98. The molecule has 1 aliphatic rings. The maximum Gasteiger partial charge on any atom is 0.137 e. The maximum absolute atomic E-state index is 13.3. The molecule has 0 radical (unpaired) electrons. The fourth-order valence-electron chi connectivity index (χ4n) is 2.14. The van der Waals surface area contributed by atoms with Crippen LogP contribution in [-0.4, -0.2) is 18.5 Å². The van der Waals surface area contributed by atoms with Gasteiger partial charge in [-0.05, 0) is 53.4 Å². The molecule has 0 spiro atoms. The van der Waals surface area contributed by atoms with Gasteiger partial charge >= 0.3 is 0 Å². The molecule has 0 aliphatic heterocycles. The van der Waals surface area contributed by atoms with Crippen LogP contribution in [0.1, 0.15) is 24.8 Å². The van der Waals surface area contributed by atoms with Crippen molar-refractivity contribution in [2.45, 2.75) is 25.8 Å². The van der Waals surface area contributed by atoms with Crippen LogP contribution in [0, 0.1) is 11.7 Å². The Balaban J connectivity index is 1.94. The van der Waals surface area contributed by atoms with Crippen molar-refractivity contribution in [1.82, 2.24) is 4.90 Å². The molecular formula is C13H17BrFN. The van der Waals surface area contributed by atoms with Crippen molar-refractivity contribution in [2.24, 2.45) is 5.92 Å². The molecule has 0 saturated heterocycles. The highest BCUT2D eigenvalue weighted by Crippen LogP contribution is 2.28. The Hall–Kier alpha value is -0.410. The number of hydrogen-bond donors (Lipinski definition) is 0. The minimum absolute atomic E-state index is 0.172. The zero-order chi connectivity index (χ0) is 11.5. The van der Waals surface area contributed by atoms with Gasteiger partial charge in [-0.2, -0.15) is 0 Å². The smallest absolute Gasteiger partial charge is 0.137 e. The van der Waals surface area contributed by atoms with Crippen LogP contribution < -0.4 is 0 Å². The predicted molar refractivity (Wildman–Crippen MR) is 67.8 cm³/mol. The topological polar surface area (TPSA) is 3.24 Å². The molecule has 0 unspecified atom stereocenters. The summed E-state index contributed by atoms with van der Waals surface area (Å²) in [5.41, 5.74) is 1.03. The molecule has 2 rings (SSSR count). The van der Waals surface area contributed by atoms with Crippen LogP contribution in [0.4, 0.5) is 4.39 Å². The summed E-state index contributed by atoms with van der Waals surface area (Å²) in [6, 6.07) is 5.23. The fourth-order valence-corrected chi connectivity index (χ4v) is 2.53. The Morgan fingerprint density at radius 3 is 2.81 bits per heavy atom. The van der Waals surface area contributed by atoms with Gasteiger partial charge in [0.05, 0.1) is 4.47 Å². The van der Waals surface area contributed by atoms with Gasteiger partial charge in [-0.3, -0.25) is 0 Å². The third-order valence-electron chi connectivity index (χ3n) is 3.27. The van der Waals surface area contributed by atoms with Crippen molar-refractivity contribution in [2.75, 3.05) is 13.6 Å². The van der Waals surface area contributed by atoms with E-state index in [0.717, 1.165) is 24.6 Å². The summed E-state index contributed by atoms with van der Waals surface area (Å²) < 4.78 is 13.9. The number of nitrogens with zero attached hydrogens (tertiary/aromatic N) is 1. The standard InChI is InChI=1S/C13H17BrFN/c1-16(8-10-4-2-5-10)9-11-6-3-7-12(15)13(11)14/h3,6-7,10H,2,4-5,8-9H2,1H3. The molecule has 0 bridgehead atoms. The number of hydrogen-bond acceptors (Lipinski definition) is 1. The quantitative estimate of drug-likeness (QED) is 0.813. The van der Waals surface area contributed by atoms with Gasteiger partial charge in [0, 0.05) is 13.1 Å². The van der Waals surface area contributed by atoms with Gasteiger partial charge in [0.25, 0.3) is 0 Å². The van der Waals surface area contributed by atoms with Crippen molar-refractivity contribution >= 4 is 15.9 Å². The maximum atomic E-state index is 13.3. The van der Waals surface area contributed by atoms with E-state index < -0.39 is 0 Å². The molecule has 1 aromatic rings. The van der Waals surface area contributed by atoms with Crippen LogP contribution in [0.5, 0.6) is 0 Å². The van der Waals surface area contributed by atoms with Crippen LogP contribution in [0.3, 0.4) is 0 Å². The molecular weight excluding hydrogens is 269 g/mol. The van der Waals surface area contributed by atoms with Crippen molar-refractivity contribution in [1.29, 1.82) is 0 Å². The van der Waals surface area contributed by atoms with Crippen LogP contribution >= 0.6 is 15.9 Å². The van der Waals surface area contributed by atoms with Gasteiger partial charge in [-0.15, -0.1) is 0 Å². The second kappa shape index (κ2) is 5.28. The van der Waals surface area contributed by atoms with Gasteiger partial charge < -0.3 is 4.90 Å². The largest absolute Gasteiger partial charge is 0.302 e. The van der Waals surface area contributed by atoms with Crippen LogP contribution in [0.15, 0.2) is 22.7 Å². The van der Waals surface area contributed by atoms with E-state index in [-0.39, 0.29) is 5.82 Å². The summed E-state index contributed by atoms with van der Waals surface area (Å²) in [6.45, 7) is 1.94. The summed E-state index contributed by atoms with van der Waals surface area (Å²) in [4.78, 5) is 2.28. The normalized spacial score (nSPS) is 16.5. The zero-order valence-corrected chi connectivity index (χ0v) is 11.1. The first-order valence-corrected chi connectivity index (χ1v) is 6.57. The van der Waals surface area contributed by atoms with Gasteiger partial charge in [0.15, 0.2) is 0 Å². The highest BCUT2D eigenvalue weighted by Gasteiger charge is 2.19. The Morgan fingerprint density at radius 2 is 2.19 bits per heavy atom. The molecule has 0 atom stereocenters. The molecule has 1 saturated carbocycles. The first-order valence-electron chi connectivity index (χ1n) is 5.78. The molecule has 16 heavy (non-hydrogen) atoms. The van der Waals surface area contributed by atoms with Gasteiger partial charge in [0.1, 0.15) is 5.82 Å². The average Bonchev–Trinajstić information content (AvgIpc) is 2.19. The van der Waals surface area contributed by atoms with Crippen molar-refractivity contribution in [3.63, 3.8) is 0 Å². The average molecular weight is 286 g/mol. The first-order chi connectivity index (χ1) is 7.66. The monoisotopic (exact) mass is 285 g/mol. The number of rotatable bonds is 4. The minimum atomic E-state index is -0.172. The van der Waals surface area contributed by atoms with Gasteiger partial charge in [-0.1, -0.05) is 18.6 Å². The lowest BCUT2D eigenvalue weighted by Crippen LogP contribution is -2.29. The predicted octanol–water partition coefficient (Wildman–Crippen LogP) is 3.82. The SMILES string of the molecule is CN(Cc1cccc(F)c1Br)CC1CCC1. The zero-order valence-electron chi connectivity index (χ0n) is 9.55. The molecule has 88 valence electrons. The van der Waals surface area contributed by atoms with Gasteiger partial charge in [-0.25, -0.2) is 4.39 Å². The molecule has 0 amide bonds. The second-order valence-electron chi connectivity index (χ2n) is 4.71. The van der Waals surface area contributed by atoms with Crippen LogP contribution in [0.25, 0.3) is 0 Å². The van der Waals surface area contributed by atoms with Crippen LogP contribution in [0.2, 0.25) is 0 Å². The van der Waals surface area contributed by atoms with E-state index in [0.29, 0.717) is 4.47 Å². The van der Waals surface area contributed by atoms with E-state index in [2.05, 4.69) is 27.9 Å². The van der Waals surface area contributed by atoms with E-state index in [4.69, 9.17) is 0 Å². The summed E-state index contributed by atoms with van der Waals surface area (Å²) in [5, 5.41) is 0. The molecule has 1 aliphatic carbocycles. The lowest BCUT2D eigenvalue weighted by molar-refractivity contribution is 0.200. The molecule has 3 heteroatoms. The summed E-state index contributed by atoms with van der Waals surface area (Å²) in [5.74, 6) is 0.687. The first kappa shape index (κ1) is 12.1. The van der Waals surface area contributed by atoms with Crippen LogP contribution in [-0.2, 0) is 6.54 Å². The van der Waals surface area contributed by atoms with E-state index in [9.17, 15) is 4.39 Å². The molecule has 1 nitrogen and oxygen atoms in total. The van der Waals surface area contributed by atoms with Crippen molar-refractivity contribution in [3.8, 4) is 0 Å². The fraction of sp³-hybridized carbons (Fsp3) is 0.538. The molecule has 0 N–H and O–H groups in total. The Morgan fingerprint density at radius 1 is 1.44 bits per heavy atom. The summed E-state index contributed by atoms with van der Waals surface area (Å²) in [6.07, 6.45) is 4.09. The van der Waals surface area contributed by atoms with E-state index >= 15 is 0 Å². The lowest BCUT2D eigenvalue weighted by Gasteiger charge is -2.30. The van der Waals surface area contributed by atoms with Crippen molar-refractivity contribution < 1.29 is 4.39 Å².